The van der Waals surface area contributed by atoms with Gasteiger partial charge in [-0.3, -0.25) is 5.32 Å². The van der Waals surface area contributed by atoms with Crippen molar-refractivity contribution in [2.45, 2.75) is 38.9 Å². The zero-order chi connectivity index (χ0) is 14.0. The lowest BCUT2D eigenvalue weighted by molar-refractivity contribution is 0.0635. The topological polar surface area (TPSA) is 67.8 Å². The summed E-state index contributed by atoms with van der Waals surface area (Å²) in [6.07, 6.45) is -0.108. The van der Waals surface area contributed by atoms with Crippen molar-refractivity contribution >= 4 is 11.8 Å². The number of hydrogen-bond donors (Lipinski definition) is 2. The fourth-order valence-corrected chi connectivity index (χ4v) is 1.95. The van der Waals surface area contributed by atoms with E-state index in [0.717, 1.165) is 5.56 Å². The van der Waals surface area contributed by atoms with Gasteiger partial charge in [0.2, 0.25) is 0 Å². The molecule has 1 aliphatic heterocycles. The van der Waals surface area contributed by atoms with E-state index in [4.69, 9.17) is 14.6 Å². The standard InChI is InChI=1S/C14H19NO4/c1-14(2,3)19-13(17)15-11-6-4-5-9-7-10(8-16)18-12(9)11/h4-6,10,16H,7-8H2,1-3H3,(H,15,17). The highest BCUT2D eigenvalue weighted by Gasteiger charge is 2.26. The molecule has 0 spiro atoms. The summed E-state index contributed by atoms with van der Waals surface area (Å²) in [5, 5.41) is 11.8. The highest BCUT2D eigenvalue weighted by atomic mass is 16.6. The third-order valence-electron chi connectivity index (χ3n) is 2.67. The minimum Gasteiger partial charge on any atom is -0.485 e. The number of nitrogens with one attached hydrogen (secondary N) is 1. The van der Waals surface area contributed by atoms with E-state index in [1.807, 2.05) is 12.1 Å². The van der Waals surface area contributed by atoms with E-state index >= 15 is 0 Å². The van der Waals surface area contributed by atoms with Crippen molar-refractivity contribution in [3.8, 4) is 5.75 Å². The summed E-state index contributed by atoms with van der Waals surface area (Å²) in [6.45, 7) is 5.38. The van der Waals surface area contributed by atoms with E-state index < -0.39 is 11.7 Å². The second kappa shape index (κ2) is 5.09. The number of rotatable bonds is 2. The first-order valence-corrected chi connectivity index (χ1v) is 6.28. The van der Waals surface area contributed by atoms with Crippen LogP contribution in [0.5, 0.6) is 5.75 Å². The van der Waals surface area contributed by atoms with E-state index in [1.165, 1.54) is 0 Å². The van der Waals surface area contributed by atoms with Gasteiger partial charge in [-0.15, -0.1) is 0 Å². The van der Waals surface area contributed by atoms with Gasteiger partial charge in [0.15, 0.2) is 0 Å². The third-order valence-corrected chi connectivity index (χ3v) is 2.67. The Bertz CT molecular complexity index is 479. The molecule has 1 aliphatic rings. The summed E-state index contributed by atoms with van der Waals surface area (Å²) in [5.41, 5.74) is 1.01. The van der Waals surface area contributed by atoms with Crippen molar-refractivity contribution in [1.29, 1.82) is 0 Å². The van der Waals surface area contributed by atoms with Gasteiger partial charge in [0.1, 0.15) is 17.5 Å². The predicted octanol–water partition coefficient (Wildman–Crippen LogP) is 2.33. The molecule has 0 radical (unpaired) electrons. The molecule has 104 valence electrons. The molecule has 5 nitrogen and oxygen atoms in total. The van der Waals surface area contributed by atoms with Crippen LogP contribution in [-0.2, 0) is 11.2 Å². The molecule has 5 heteroatoms. The second-order valence-corrected chi connectivity index (χ2v) is 5.55. The molecule has 1 amide bonds. The number of benzene rings is 1. The van der Waals surface area contributed by atoms with Gasteiger partial charge in [-0.05, 0) is 26.8 Å². The third kappa shape index (κ3) is 3.38. The molecule has 2 N–H and O–H groups in total. The zero-order valence-corrected chi connectivity index (χ0v) is 11.4. The Hall–Kier alpha value is -1.75. The molecule has 19 heavy (non-hydrogen) atoms. The van der Waals surface area contributed by atoms with Gasteiger partial charge < -0.3 is 14.6 Å². The summed E-state index contributed by atoms with van der Waals surface area (Å²) in [5.74, 6) is 0.618. The summed E-state index contributed by atoms with van der Waals surface area (Å²) < 4.78 is 10.8. The number of carbonyl (C=O) groups excluding carboxylic acids is 1. The quantitative estimate of drug-likeness (QED) is 0.861. The van der Waals surface area contributed by atoms with Crippen LogP contribution in [0.3, 0.4) is 0 Å². The lowest BCUT2D eigenvalue weighted by atomic mass is 10.1. The summed E-state index contributed by atoms with van der Waals surface area (Å²) in [4.78, 5) is 11.7. The van der Waals surface area contributed by atoms with E-state index in [9.17, 15) is 4.79 Å². The van der Waals surface area contributed by atoms with Crippen LogP contribution in [0, 0.1) is 0 Å². The highest BCUT2D eigenvalue weighted by molar-refractivity contribution is 5.87. The van der Waals surface area contributed by atoms with Crippen LogP contribution in [0.2, 0.25) is 0 Å². The number of carbonyl (C=O) groups is 1. The molecular weight excluding hydrogens is 246 g/mol. The van der Waals surface area contributed by atoms with Gasteiger partial charge in [0.25, 0.3) is 0 Å². The Kier molecular flexibility index (Phi) is 3.66. The monoisotopic (exact) mass is 265 g/mol. The number of aliphatic hydroxyl groups excluding tert-OH is 1. The number of amides is 1. The molecule has 1 aromatic carbocycles. The van der Waals surface area contributed by atoms with Gasteiger partial charge in [-0.2, -0.15) is 0 Å². The first kappa shape index (κ1) is 13.7. The highest BCUT2D eigenvalue weighted by Crippen LogP contribution is 2.36. The van der Waals surface area contributed by atoms with Gasteiger partial charge in [-0.1, -0.05) is 12.1 Å². The Morgan fingerprint density at radius 3 is 2.89 bits per heavy atom. The van der Waals surface area contributed by atoms with Crippen molar-refractivity contribution in [2.24, 2.45) is 0 Å². The Balaban J connectivity index is 2.11. The molecule has 0 aliphatic carbocycles. The number of anilines is 1. The molecule has 0 aromatic heterocycles. The van der Waals surface area contributed by atoms with Crippen LogP contribution in [0.25, 0.3) is 0 Å². The largest absolute Gasteiger partial charge is 0.485 e. The Morgan fingerprint density at radius 2 is 2.26 bits per heavy atom. The normalized spacial score (nSPS) is 17.6. The fraction of sp³-hybridized carbons (Fsp3) is 0.500. The number of para-hydroxylation sites is 1. The maximum Gasteiger partial charge on any atom is 0.412 e. The minimum atomic E-state index is -0.545. The van der Waals surface area contributed by atoms with Crippen LogP contribution >= 0.6 is 0 Å². The molecule has 1 unspecified atom stereocenters. The van der Waals surface area contributed by atoms with E-state index in [-0.39, 0.29) is 12.7 Å². The van der Waals surface area contributed by atoms with Crippen molar-refractivity contribution < 1.29 is 19.4 Å². The molecule has 1 aromatic rings. The number of hydrogen-bond acceptors (Lipinski definition) is 4. The molecular formula is C14H19NO4. The average molecular weight is 265 g/mol. The second-order valence-electron chi connectivity index (χ2n) is 5.55. The molecule has 0 saturated carbocycles. The Morgan fingerprint density at radius 1 is 1.53 bits per heavy atom. The first-order chi connectivity index (χ1) is 8.89. The van der Waals surface area contributed by atoms with E-state index in [2.05, 4.69) is 5.32 Å². The van der Waals surface area contributed by atoms with Gasteiger partial charge in [0.05, 0.1) is 12.3 Å². The SMILES string of the molecule is CC(C)(C)OC(=O)Nc1cccc2c1OC(CO)C2. The van der Waals surface area contributed by atoms with E-state index in [1.54, 1.807) is 26.8 Å². The number of aliphatic hydroxyl groups is 1. The lowest BCUT2D eigenvalue weighted by Gasteiger charge is -2.20. The van der Waals surface area contributed by atoms with Crippen LogP contribution < -0.4 is 10.1 Å². The van der Waals surface area contributed by atoms with Crippen LogP contribution in [-0.4, -0.2) is 29.5 Å². The predicted molar refractivity (Wildman–Crippen MR) is 71.5 cm³/mol. The molecule has 1 heterocycles. The number of ether oxygens (including phenoxy) is 2. The fourth-order valence-electron chi connectivity index (χ4n) is 1.95. The Labute approximate surface area is 112 Å². The van der Waals surface area contributed by atoms with Crippen LogP contribution in [0.1, 0.15) is 26.3 Å². The van der Waals surface area contributed by atoms with Crippen molar-refractivity contribution in [1.82, 2.24) is 0 Å². The van der Waals surface area contributed by atoms with Crippen molar-refractivity contribution in [3.05, 3.63) is 23.8 Å². The van der Waals surface area contributed by atoms with Crippen LogP contribution in [0.4, 0.5) is 10.5 Å². The molecule has 0 saturated heterocycles. The summed E-state index contributed by atoms with van der Waals surface area (Å²) >= 11 is 0. The lowest BCUT2D eigenvalue weighted by Crippen LogP contribution is -2.27. The summed E-state index contributed by atoms with van der Waals surface area (Å²) in [7, 11) is 0. The van der Waals surface area contributed by atoms with Gasteiger partial charge in [0, 0.05) is 12.0 Å². The summed E-state index contributed by atoms with van der Waals surface area (Å²) in [6, 6.07) is 5.52. The minimum absolute atomic E-state index is 0.0411. The average Bonchev–Trinajstić information content (AvgIpc) is 2.70. The van der Waals surface area contributed by atoms with Crippen molar-refractivity contribution in [2.75, 3.05) is 11.9 Å². The molecule has 0 fully saturated rings. The van der Waals surface area contributed by atoms with Gasteiger partial charge in [-0.25, -0.2) is 4.79 Å². The van der Waals surface area contributed by atoms with Crippen molar-refractivity contribution in [3.63, 3.8) is 0 Å². The molecule has 0 bridgehead atoms. The maximum atomic E-state index is 11.7. The van der Waals surface area contributed by atoms with Crippen LogP contribution in [0.15, 0.2) is 18.2 Å². The molecule has 1 atom stereocenters. The number of fused-ring (bicyclic) bond motifs is 1. The van der Waals surface area contributed by atoms with E-state index in [0.29, 0.717) is 17.9 Å². The first-order valence-electron chi connectivity index (χ1n) is 6.28. The molecule has 2 rings (SSSR count). The van der Waals surface area contributed by atoms with Gasteiger partial charge >= 0.3 is 6.09 Å². The maximum absolute atomic E-state index is 11.7. The smallest absolute Gasteiger partial charge is 0.412 e. The zero-order valence-electron chi connectivity index (χ0n) is 11.4.